The zero-order valence-electron chi connectivity index (χ0n) is 23.7. The fraction of sp³-hybridized carbons (Fsp3) is 0.0541. The maximum absolute atomic E-state index is 4.36. The molecule has 206 valence electrons. The molecule has 6 aromatic rings. The van der Waals surface area contributed by atoms with Crippen LogP contribution >= 0.6 is 23.8 Å². The van der Waals surface area contributed by atoms with Crippen LogP contribution in [0.2, 0.25) is 0 Å². The number of thiophene rings is 1. The minimum absolute atomic E-state index is 0.163. The third-order valence-electron chi connectivity index (χ3n) is 7.09. The van der Waals surface area contributed by atoms with Crippen molar-refractivity contribution in [2.24, 2.45) is 10.9 Å². The average Bonchev–Trinajstić information content (AvgIpc) is 3.40. The van der Waals surface area contributed by atoms with Gasteiger partial charge in [0.05, 0.1) is 0 Å². The molecule has 0 aliphatic rings. The summed E-state index contributed by atoms with van der Waals surface area (Å²) in [5, 5.41) is 6.58. The zero-order valence-corrected chi connectivity index (χ0v) is 25.4. The molecule has 0 aliphatic carbocycles. The Morgan fingerprint density at radius 1 is 0.762 bits per heavy atom. The average molecular weight is 581 g/mol. The molecule has 0 aliphatic heterocycles. The van der Waals surface area contributed by atoms with Crippen molar-refractivity contribution in [3.05, 3.63) is 155 Å². The monoisotopic (exact) mass is 580 g/mol. The first-order valence-electron chi connectivity index (χ1n) is 13.5. The highest BCUT2D eigenvalue weighted by atomic mass is 32.1. The molecule has 5 heteroatoms. The predicted molar refractivity (Wildman–Crippen MR) is 192 cm³/mol. The van der Waals surface area contributed by atoms with Crippen LogP contribution in [0.4, 0.5) is 0 Å². The van der Waals surface area contributed by atoms with E-state index in [4.69, 9.17) is 0 Å². The molecule has 0 fully saturated rings. The van der Waals surface area contributed by atoms with Crippen molar-refractivity contribution in [1.29, 1.82) is 0 Å². The van der Waals surface area contributed by atoms with Crippen LogP contribution in [0, 0.1) is 0 Å². The smallest absolute Gasteiger partial charge is 0.156 e. The van der Waals surface area contributed by atoms with Crippen LogP contribution < -0.4 is 5.84 Å². The van der Waals surface area contributed by atoms with Crippen molar-refractivity contribution in [3.63, 3.8) is 0 Å². The first kappa shape index (κ1) is 30.6. The molecule has 42 heavy (non-hydrogen) atoms. The number of rotatable bonds is 6. The number of hydrazone groups is 1. The first-order valence-corrected chi connectivity index (χ1v) is 14.9. The van der Waals surface area contributed by atoms with E-state index in [1.165, 1.54) is 59.1 Å². The zero-order chi connectivity index (χ0) is 29.9. The molecule has 0 spiro atoms. The lowest BCUT2D eigenvalue weighted by Gasteiger charge is -2.19. The lowest BCUT2D eigenvalue weighted by atomic mass is 9.84. The molecular weight excluding hydrogens is 547 g/mol. The van der Waals surface area contributed by atoms with Gasteiger partial charge in [-0.05, 0) is 63.2 Å². The Bertz CT molecular complexity index is 1810. The highest BCUT2D eigenvalue weighted by Gasteiger charge is 2.19. The van der Waals surface area contributed by atoms with Gasteiger partial charge >= 0.3 is 0 Å². The van der Waals surface area contributed by atoms with Gasteiger partial charge in [0.2, 0.25) is 0 Å². The number of nitrogens with zero attached hydrogens (tertiary/aromatic N) is 1. The largest absolute Gasteiger partial charge is 0.324 e. The molecule has 0 amide bonds. The predicted octanol–water partition coefficient (Wildman–Crippen LogP) is 10.1. The fourth-order valence-electron chi connectivity index (χ4n) is 5.28. The van der Waals surface area contributed by atoms with E-state index in [1.54, 1.807) is 0 Å². The summed E-state index contributed by atoms with van der Waals surface area (Å²) in [5.74, 6) is 4.52. The van der Waals surface area contributed by atoms with Gasteiger partial charge in [0.1, 0.15) is 0 Å². The second kappa shape index (κ2) is 15.1. The minimum atomic E-state index is 0.163. The third kappa shape index (κ3) is 6.76. The van der Waals surface area contributed by atoms with Crippen molar-refractivity contribution in [2.75, 3.05) is 0 Å². The molecule has 5 aromatic carbocycles. The summed E-state index contributed by atoms with van der Waals surface area (Å²) in [5.41, 5.74) is 7.65. The van der Waals surface area contributed by atoms with Crippen molar-refractivity contribution in [1.82, 2.24) is 0 Å². The Hall–Kier alpha value is -4.32. The van der Waals surface area contributed by atoms with Crippen LogP contribution in [0.1, 0.15) is 40.0 Å². The lowest BCUT2D eigenvalue weighted by molar-refractivity contribution is 0.981. The standard InChI is InChI=1S/C36H28S.CH4N2.BHS/c1-3-10-32-33-22-21-31(24-35(33)37-34(32)4-2)36(27-12-6-5-7-13-27)28-18-15-26(16-19-28)30-20-17-25-11-8-9-14-29(25)23-30;1-3-2;1-2/h3-24,36H,2H2,1H3;1-2H2;2H/b10-3-;;. The van der Waals surface area contributed by atoms with Gasteiger partial charge in [0.25, 0.3) is 0 Å². The van der Waals surface area contributed by atoms with Crippen LogP contribution in [0.5, 0.6) is 0 Å². The SMILES string of the molecule is C=Cc1sc2cc(C(c3ccccc3)c3ccc(-c4ccc5ccccc5c4)cc3)ccc2c1/C=C\C.C=NN.[B]S. The second-order valence-electron chi connectivity index (χ2n) is 9.55. The maximum atomic E-state index is 4.36. The van der Waals surface area contributed by atoms with Gasteiger partial charge in [-0.3, -0.25) is 0 Å². The minimum Gasteiger partial charge on any atom is -0.324 e. The number of nitrogens with two attached hydrogens (primary N) is 1. The highest BCUT2D eigenvalue weighted by molar-refractivity contribution is 8.03. The van der Waals surface area contributed by atoms with Gasteiger partial charge in [0, 0.05) is 27.6 Å². The van der Waals surface area contributed by atoms with Gasteiger partial charge in [-0.2, -0.15) is 5.10 Å². The Balaban J connectivity index is 0.000000763. The number of allylic oxidation sites excluding steroid dienone is 1. The summed E-state index contributed by atoms with van der Waals surface area (Å²) in [7, 11) is 4.19. The van der Waals surface area contributed by atoms with E-state index in [9.17, 15) is 0 Å². The number of benzene rings is 5. The molecule has 2 N–H and O–H groups in total. The van der Waals surface area contributed by atoms with E-state index in [0.29, 0.717) is 0 Å². The van der Waals surface area contributed by atoms with Crippen molar-refractivity contribution in [3.8, 4) is 11.1 Å². The van der Waals surface area contributed by atoms with E-state index in [2.05, 4.69) is 178 Å². The Labute approximate surface area is 259 Å². The maximum Gasteiger partial charge on any atom is 0.156 e. The van der Waals surface area contributed by atoms with E-state index in [0.717, 1.165) is 0 Å². The van der Waals surface area contributed by atoms with Gasteiger partial charge in [0.15, 0.2) is 7.12 Å². The molecule has 2 nitrogen and oxygen atoms in total. The molecule has 0 saturated carbocycles. The molecule has 2 radical (unpaired) electrons. The van der Waals surface area contributed by atoms with Crippen LogP contribution in [0.25, 0.3) is 44.1 Å². The van der Waals surface area contributed by atoms with Crippen molar-refractivity contribution in [2.45, 2.75) is 12.8 Å². The molecule has 1 heterocycles. The molecule has 0 bridgehead atoms. The van der Waals surface area contributed by atoms with Crippen LogP contribution in [0.15, 0.2) is 133 Å². The third-order valence-corrected chi connectivity index (χ3v) is 8.26. The second-order valence-corrected chi connectivity index (χ2v) is 10.6. The van der Waals surface area contributed by atoms with Gasteiger partial charge in [-0.25, -0.2) is 12.5 Å². The number of hydrogen-bond donors (Lipinski definition) is 2. The lowest BCUT2D eigenvalue weighted by Crippen LogP contribution is -2.03. The van der Waals surface area contributed by atoms with Crippen LogP contribution in [-0.4, -0.2) is 13.8 Å². The molecular formula is C37H33BN2S2. The van der Waals surface area contributed by atoms with Gasteiger partial charge in [-0.1, -0.05) is 128 Å². The molecule has 1 unspecified atom stereocenters. The summed E-state index contributed by atoms with van der Waals surface area (Å²) >= 11 is 4.84. The summed E-state index contributed by atoms with van der Waals surface area (Å²) in [6.07, 6.45) is 6.27. The summed E-state index contributed by atoms with van der Waals surface area (Å²) in [6, 6.07) is 42.1. The van der Waals surface area contributed by atoms with Crippen molar-refractivity contribution >= 4 is 70.7 Å². The van der Waals surface area contributed by atoms with Crippen LogP contribution in [-0.2, 0) is 0 Å². The van der Waals surface area contributed by atoms with E-state index < -0.39 is 0 Å². The normalized spacial score (nSPS) is 11.3. The number of thiol groups is 1. The van der Waals surface area contributed by atoms with E-state index >= 15 is 0 Å². The molecule has 1 atom stereocenters. The Morgan fingerprint density at radius 3 is 2.02 bits per heavy atom. The quantitative estimate of drug-likeness (QED) is 0.0505. The first-order chi connectivity index (χ1) is 20.7. The van der Waals surface area contributed by atoms with E-state index in [1.807, 2.05) is 17.4 Å². The van der Waals surface area contributed by atoms with Gasteiger partial charge in [-0.15, -0.1) is 11.3 Å². The molecule has 0 saturated heterocycles. The Kier molecular flexibility index (Phi) is 11.0. The summed E-state index contributed by atoms with van der Waals surface area (Å²) in [4.78, 5) is 1.22. The fourth-order valence-corrected chi connectivity index (χ4v) is 6.37. The van der Waals surface area contributed by atoms with E-state index in [-0.39, 0.29) is 5.92 Å². The highest BCUT2D eigenvalue weighted by Crippen LogP contribution is 2.39. The van der Waals surface area contributed by atoms with Crippen LogP contribution in [0.3, 0.4) is 0 Å². The number of fused-ring (bicyclic) bond motifs is 2. The molecule has 1 aromatic heterocycles. The van der Waals surface area contributed by atoms with Gasteiger partial charge < -0.3 is 5.84 Å². The summed E-state index contributed by atoms with van der Waals surface area (Å²) in [6.45, 7) is 9.00. The molecule has 6 rings (SSSR count). The topological polar surface area (TPSA) is 38.4 Å². The van der Waals surface area contributed by atoms with Crippen molar-refractivity contribution < 1.29 is 0 Å². The number of hydrogen-bond acceptors (Lipinski definition) is 4. The Morgan fingerprint density at radius 2 is 1.36 bits per heavy atom. The summed E-state index contributed by atoms with van der Waals surface area (Å²) < 4.78 is 1.30.